The molecular weight excluding hydrogens is 348 g/mol. The lowest BCUT2D eigenvalue weighted by atomic mass is 9.42. The first-order chi connectivity index (χ1) is 13.3. The molecule has 0 saturated heterocycles. The Morgan fingerprint density at radius 2 is 1.71 bits per heavy atom. The normalized spacial score (nSPS) is 53.4. The van der Waals surface area contributed by atoms with Crippen LogP contribution in [0.5, 0.6) is 0 Å². The zero-order valence-electron chi connectivity index (χ0n) is 18.4. The molecule has 160 valence electrons. The van der Waals surface area contributed by atoms with Crippen LogP contribution in [0.1, 0.15) is 79.1 Å². The van der Waals surface area contributed by atoms with Crippen molar-refractivity contribution >= 4 is 0 Å². The van der Waals surface area contributed by atoms with E-state index in [4.69, 9.17) is 0 Å². The predicted octanol–water partition coefficient (Wildman–Crippen LogP) is 4.55. The molecule has 0 aromatic heterocycles. The lowest BCUT2D eigenvalue weighted by Crippen LogP contribution is -2.59. The second-order valence-corrected chi connectivity index (χ2v) is 11.2. The molecule has 0 bridgehead atoms. The first kappa shape index (κ1) is 20.9. The van der Waals surface area contributed by atoms with Crippen LogP contribution in [0.3, 0.4) is 0 Å². The zero-order chi connectivity index (χ0) is 20.3. The lowest BCUT2D eigenvalue weighted by molar-refractivity contribution is -0.147. The Morgan fingerprint density at radius 3 is 2.39 bits per heavy atom. The third-order valence-electron chi connectivity index (χ3n) is 10.3. The first-order valence-electron chi connectivity index (χ1n) is 11.9. The predicted molar refractivity (Wildman–Crippen MR) is 113 cm³/mol. The minimum atomic E-state index is -0.338. The Morgan fingerprint density at radius 1 is 1.04 bits per heavy atom. The molecule has 4 fully saturated rings. The van der Waals surface area contributed by atoms with E-state index < -0.39 is 0 Å². The highest BCUT2D eigenvalue weighted by Gasteiger charge is 2.63. The number of hydrogen-bond donors (Lipinski definition) is 3. The van der Waals surface area contributed by atoms with Crippen LogP contribution in [0, 0.1) is 46.3 Å². The molecule has 0 radical (unpaired) electrons. The number of aliphatic hydroxyl groups is 3. The van der Waals surface area contributed by atoms with Gasteiger partial charge >= 0.3 is 0 Å². The van der Waals surface area contributed by atoms with Crippen LogP contribution < -0.4 is 0 Å². The van der Waals surface area contributed by atoms with E-state index in [1.807, 2.05) is 0 Å². The van der Waals surface area contributed by atoms with Crippen LogP contribution in [0.2, 0.25) is 0 Å². The summed E-state index contributed by atoms with van der Waals surface area (Å²) in [5, 5.41) is 31.5. The molecule has 10 atom stereocenters. The molecule has 0 aromatic rings. The maximum atomic E-state index is 11.6. The van der Waals surface area contributed by atoms with E-state index in [-0.39, 0.29) is 24.2 Å². The summed E-state index contributed by atoms with van der Waals surface area (Å²) < 4.78 is 0. The van der Waals surface area contributed by atoms with Gasteiger partial charge in [0.15, 0.2) is 0 Å². The molecule has 4 aliphatic rings. The average molecular weight is 391 g/mol. The molecule has 4 aliphatic carbocycles. The molecule has 4 saturated carbocycles. The topological polar surface area (TPSA) is 60.7 Å². The van der Waals surface area contributed by atoms with Crippen molar-refractivity contribution in [2.45, 2.75) is 91.3 Å². The molecule has 4 rings (SSSR count). The summed E-state index contributed by atoms with van der Waals surface area (Å²) >= 11 is 0. The smallest absolute Gasteiger partial charge is 0.0786 e. The summed E-state index contributed by atoms with van der Waals surface area (Å²) in [6, 6.07) is 0. The molecule has 3 nitrogen and oxygen atoms in total. The Balaban J connectivity index is 1.69. The molecule has 5 unspecified atom stereocenters. The average Bonchev–Trinajstić information content (AvgIpc) is 3.01. The number of aliphatic hydroxyl groups excluding tert-OH is 3. The van der Waals surface area contributed by atoms with Gasteiger partial charge in [0.2, 0.25) is 0 Å². The van der Waals surface area contributed by atoms with Crippen LogP contribution in [-0.2, 0) is 0 Å². The SMILES string of the molecule is C/C=C1\C(O)C2C(CC[C@@]3(C)C2CC[C@@H]3[C@H](C)CCO)[C@@]2(C)CC[C@@H](O)CC12. The van der Waals surface area contributed by atoms with E-state index in [0.717, 1.165) is 25.7 Å². The molecular formula is C25H42O3. The van der Waals surface area contributed by atoms with E-state index in [1.165, 1.54) is 31.3 Å². The van der Waals surface area contributed by atoms with Crippen LogP contribution in [-0.4, -0.2) is 34.1 Å². The summed E-state index contributed by atoms with van der Waals surface area (Å²) in [5.74, 6) is 3.11. The van der Waals surface area contributed by atoms with Gasteiger partial charge in [0.05, 0.1) is 12.2 Å². The van der Waals surface area contributed by atoms with E-state index >= 15 is 0 Å². The van der Waals surface area contributed by atoms with E-state index in [0.29, 0.717) is 40.9 Å². The second-order valence-electron chi connectivity index (χ2n) is 11.2. The van der Waals surface area contributed by atoms with E-state index in [1.54, 1.807) is 0 Å². The minimum absolute atomic E-state index is 0.208. The standard InChI is InChI=1S/C25H42O3/c1-5-17-21-14-16(27)8-11-25(21,4)20-9-12-24(3)18(15(2)10-13-26)6-7-19(24)22(20)23(17)28/h5,15-16,18-23,26-28H,6-14H2,1-4H3/b17-5-/t15-,16-,18-,19?,20?,21?,22?,23?,24-,25-/m1/s1. The van der Waals surface area contributed by atoms with Crippen molar-refractivity contribution in [1.82, 2.24) is 0 Å². The minimum Gasteiger partial charge on any atom is -0.396 e. The van der Waals surface area contributed by atoms with Gasteiger partial charge < -0.3 is 15.3 Å². The van der Waals surface area contributed by atoms with Crippen molar-refractivity contribution in [1.29, 1.82) is 0 Å². The van der Waals surface area contributed by atoms with E-state index in [2.05, 4.69) is 33.8 Å². The quantitative estimate of drug-likeness (QED) is 0.620. The van der Waals surface area contributed by atoms with E-state index in [9.17, 15) is 15.3 Å². The lowest BCUT2D eigenvalue weighted by Gasteiger charge is -2.63. The molecule has 0 spiro atoms. The van der Waals surface area contributed by atoms with Crippen molar-refractivity contribution in [2.24, 2.45) is 46.3 Å². The summed E-state index contributed by atoms with van der Waals surface area (Å²) in [6.45, 7) is 9.68. The summed E-state index contributed by atoms with van der Waals surface area (Å²) in [6.07, 6.45) is 10.3. The molecule has 3 N–H and O–H groups in total. The maximum Gasteiger partial charge on any atom is 0.0786 e. The summed E-state index contributed by atoms with van der Waals surface area (Å²) in [7, 11) is 0. The number of allylic oxidation sites excluding steroid dienone is 1. The van der Waals surface area contributed by atoms with Crippen molar-refractivity contribution in [2.75, 3.05) is 6.61 Å². The molecule has 0 amide bonds. The second kappa shape index (κ2) is 7.39. The van der Waals surface area contributed by atoms with Crippen molar-refractivity contribution in [3.63, 3.8) is 0 Å². The number of rotatable bonds is 3. The van der Waals surface area contributed by atoms with Crippen LogP contribution in [0.15, 0.2) is 11.6 Å². The van der Waals surface area contributed by atoms with Gasteiger partial charge in [0, 0.05) is 6.61 Å². The highest BCUT2D eigenvalue weighted by atomic mass is 16.3. The first-order valence-corrected chi connectivity index (χ1v) is 11.9. The van der Waals surface area contributed by atoms with Gasteiger partial charge in [-0.2, -0.15) is 0 Å². The summed E-state index contributed by atoms with van der Waals surface area (Å²) in [5.41, 5.74) is 1.74. The Hall–Kier alpha value is -0.380. The zero-order valence-corrected chi connectivity index (χ0v) is 18.4. The van der Waals surface area contributed by atoms with Gasteiger partial charge in [-0.1, -0.05) is 26.8 Å². The fourth-order valence-electron chi connectivity index (χ4n) is 8.86. The van der Waals surface area contributed by atoms with Gasteiger partial charge in [-0.25, -0.2) is 0 Å². The van der Waals surface area contributed by atoms with Crippen LogP contribution in [0.25, 0.3) is 0 Å². The highest BCUT2D eigenvalue weighted by molar-refractivity contribution is 5.26. The molecule has 3 heteroatoms. The van der Waals surface area contributed by atoms with Crippen molar-refractivity contribution < 1.29 is 15.3 Å². The maximum absolute atomic E-state index is 11.6. The largest absolute Gasteiger partial charge is 0.396 e. The molecule has 28 heavy (non-hydrogen) atoms. The Bertz CT molecular complexity index is 615. The highest BCUT2D eigenvalue weighted by Crippen LogP contribution is 2.69. The van der Waals surface area contributed by atoms with Gasteiger partial charge in [0.1, 0.15) is 0 Å². The fourth-order valence-corrected chi connectivity index (χ4v) is 8.86. The fraction of sp³-hybridized carbons (Fsp3) is 0.920. The van der Waals surface area contributed by atoms with Crippen LogP contribution >= 0.6 is 0 Å². The van der Waals surface area contributed by atoms with Crippen LogP contribution in [0.4, 0.5) is 0 Å². The van der Waals surface area contributed by atoms with Gasteiger partial charge in [0.25, 0.3) is 0 Å². The number of hydrogen-bond acceptors (Lipinski definition) is 3. The molecule has 0 aliphatic heterocycles. The Labute approximate surface area is 171 Å². The van der Waals surface area contributed by atoms with Gasteiger partial charge in [-0.3, -0.25) is 0 Å². The van der Waals surface area contributed by atoms with Gasteiger partial charge in [-0.15, -0.1) is 0 Å². The molecule has 0 aromatic carbocycles. The monoisotopic (exact) mass is 390 g/mol. The summed E-state index contributed by atoms with van der Waals surface area (Å²) in [4.78, 5) is 0. The van der Waals surface area contributed by atoms with Gasteiger partial charge in [-0.05, 0) is 110 Å². The number of fused-ring (bicyclic) bond motifs is 5. The molecule has 0 heterocycles. The Kier molecular flexibility index (Phi) is 5.51. The third-order valence-corrected chi connectivity index (χ3v) is 10.3. The van der Waals surface area contributed by atoms with Crippen molar-refractivity contribution in [3.05, 3.63) is 11.6 Å². The van der Waals surface area contributed by atoms with Crippen molar-refractivity contribution in [3.8, 4) is 0 Å². The third kappa shape index (κ3) is 2.87.